The summed E-state index contributed by atoms with van der Waals surface area (Å²) in [4.78, 5) is 11.8. The van der Waals surface area contributed by atoms with Crippen LogP contribution in [-0.4, -0.2) is 20.7 Å². The molecule has 1 aromatic heterocycles. The molecule has 0 saturated heterocycles. The summed E-state index contributed by atoms with van der Waals surface area (Å²) in [5, 5.41) is 18.7. The molecule has 0 bridgehead atoms. The number of nitrogens with zero attached hydrogens (tertiary/aromatic N) is 1. The Morgan fingerprint density at radius 1 is 1.36 bits per heavy atom. The van der Waals surface area contributed by atoms with Crippen LogP contribution in [0.5, 0.6) is 11.8 Å². The number of carbonyl (C=O) groups is 1. The van der Waals surface area contributed by atoms with E-state index in [-0.39, 0.29) is 17.7 Å². The van der Waals surface area contributed by atoms with Gasteiger partial charge in [-0.3, -0.25) is 4.79 Å². The highest BCUT2D eigenvalue weighted by Crippen LogP contribution is 2.29. The van der Waals surface area contributed by atoms with Crippen molar-refractivity contribution in [3.05, 3.63) is 12.1 Å². The first-order valence-electron chi connectivity index (χ1n) is 4.54. The van der Waals surface area contributed by atoms with Gasteiger partial charge in [-0.05, 0) is 6.42 Å². The topological polar surface area (TPSA) is 62.5 Å². The molecule has 0 atom stereocenters. The second-order valence-corrected chi connectivity index (χ2v) is 3.93. The van der Waals surface area contributed by atoms with Crippen LogP contribution in [0.3, 0.4) is 0 Å². The molecule has 0 radical (unpaired) electrons. The monoisotopic (exact) mass is 197 g/mol. The maximum Gasteiger partial charge on any atom is 0.241 e. The number of rotatable bonds is 2. The molecule has 1 rings (SSSR count). The standard InChI is InChI=1S/C10H15NO3/c1-4-10(2,3)9(14)11-7(12)5-6-8(11)13/h5-6,12-13H,4H2,1-3H3. The molecule has 0 spiro atoms. The van der Waals surface area contributed by atoms with E-state index in [0.29, 0.717) is 6.42 Å². The predicted molar refractivity (Wildman–Crippen MR) is 52.5 cm³/mol. The van der Waals surface area contributed by atoms with E-state index >= 15 is 0 Å². The van der Waals surface area contributed by atoms with Crippen LogP contribution in [0.4, 0.5) is 0 Å². The second-order valence-electron chi connectivity index (χ2n) is 3.93. The SMILES string of the molecule is CCC(C)(C)C(=O)n1c(O)ccc1O. The van der Waals surface area contributed by atoms with Gasteiger partial charge >= 0.3 is 0 Å². The average molecular weight is 197 g/mol. The van der Waals surface area contributed by atoms with E-state index in [9.17, 15) is 15.0 Å². The van der Waals surface area contributed by atoms with Crippen molar-refractivity contribution in [3.8, 4) is 11.8 Å². The minimum absolute atomic E-state index is 0.228. The summed E-state index contributed by atoms with van der Waals surface area (Å²) in [5.74, 6) is -0.761. The lowest BCUT2D eigenvalue weighted by atomic mass is 9.89. The van der Waals surface area contributed by atoms with E-state index in [2.05, 4.69) is 0 Å². The van der Waals surface area contributed by atoms with Crippen LogP contribution in [-0.2, 0) is 0 Å². The van der Waals surface area contributed by atoms with Crippen LogP contribution < -0.4 is 0 Å². The van der Waals surface area contributed by atoms with Gasteiger partial charge in [-0.15, -0.1) is 0 Å². The van der Waals surface area contributed by atoms with Gasteiger partial charge in [0, 0.05) is 17.5 Å². The molecule has 0 saturated carbocycles. The van der Waals surface area contributed by atoms with Crippen LogP contribution in [0.2, 0.25) is 0 Å². The van der Waals surface area contributed by atoms with Crippen molar-refractivity contribution in [2.45, 2.75) is 27.2 Å². The Kier molecular flexibility index (Phi) is 2.55. The van der Waals surface area contributed by atoms with Crippen LogP contribution >= 0.6 is 0 Å². The molecule has 4 nitrogen and oxygen atoms in total. The van der Waals surface area contributed by atoms with Gasteiger partial charge in [0.25, 0.3) is 0 Å². The molecule has 14 heavy (non-hydrogen) atoms. The molecule has 0 aliphatic rings. The fourth-order valence-corrected chi connectivity index (χ4v) is 1.08. The van der Waals surface area contributed by atoms with Gasteiger partial charge < -0.3 is 10.2 Å². The summed E-state index contributed by atoms with van der Waals surface area (Å²) in [6.07, 6.45) is 0.642. The molecule has 0 aromatic carbocycles. The van der Waals surface area contributed by atoms with Crippen molar-refractivity contribution in [2.75, 3.05) is 0 Å². The minimum atomic E-state index is -0.589. The highest BCUT2D eigenvalue weighted by atomic mass is 16.3. The maximum atomic E-state index is 11.8. The molecule has 0 amide bonds. The van der Waals surface area contributed by atoms with E-state index in [1.54, 1.807) is 13.8 Å². The molecular formula is C10H15NO3. The summed E-state index contributed by atoms with van der Waals surface area (Å²) in [6.45, 7) is 5.43. The Labute approximate surface area is 82.8 Å². The van der Waals surface area contributed by atoms with Gasteiger partial charge in [-0.25, -0.2) is 4.57 Å². The first-order chi connectivity index (χ1) is 6.40. The lowest BCUT2D eigenvalue weighted by Crippen LogP contribution is -2.28. The van der Waals surface area contributed by atoms with Gasteiger partial charge in [-0.2, -0.15) is 0 Å². The summed E-state index contributed by atoms with van der Waals surface area (Å²) >= 11 is 0. The molecule has 2 N–H and O–H groups in total. The Hall–Kier alpha value is -1.45. The second kappa shape index (κ2) is 3.36. The number of carbonyl (C=O) groups excluding carboxylic acids is 1. The van der Waals surface area contributed by atoms with Crippen molar-refractivity contribution >= 4 is 5.91 Å². The quantitative estimate of drug-likeness (QED) is 0.762. The normalized spacial score (nSPS) is 11.6. The van der Waals surface area contributed by atoms with E-state index in [1.165, 1.54) is 12.1 Å². The first-order valence-corrected chi connectivity index (χ1v) is 4.54. The molecule has 0 unspecified atom stereocenters. The molecule has 1 heterocycles. The van der Waals surface area contributed by atoms with E-state index in [1.807, 2.05) is 6.92 Å². The van der Waals surface area contributed by atoms with Gasteiger partial charge in [0.05, 0.1) is 0 Å². The van der Waals surface area contributed by atoms with Crippen LogP contribution in [0, 0.1) is 5.41 Å². The smallest absolute Gasteiger partial charge is 0.241 e. The van der Waals surface area contributed by atoms with Crippen molar-refractivity contribution in [1.82, 2.24) is 4.57 Å². The molecule has 0 fully saturated rings. The van der Waals surface area contributed by atoms with Crippen LogP contribution in [0.25, 0.3) is 0 Å². The molecule has 0 aliphatic carbocycles. The predicted octanol–water partition coefficient (Wildman–Crippen LogP) is 1.98. The lowest BCUT2D eigenvalue weighted by molar-refractivity contribution is 0.0719. The number of hydrogen-bond acceptors (Lipinski definition) is 3. The maximum absolute atomic E-state index is 11.8. The lowest BCUT2D eigenvalue weighted by Gasteiger charge is -2.21. The highest BCUT2D eigenvalue weighted by molar-refractivity contribution is 5.87. The van der Waals surface area contributed by atoms with Crippen molar-refractivity contribution in [3.63, 3.8) is 0 Å². The third-order valence-corrected chi connectivity index (χ3v) is 2.51. The van der Waals surface area contributed by atoms with Crippen LogP contribution in [0.15, 0.2) is 12.1 Å². The van der Waals surface area contributed by atoms with E-state index < -0.39 is 5.41 Å². The van der Waals surface area contributed by atoms with Crippen molar-refractivity contribution in [2.24, 2.45) is 5.41 Å². The van der Waals surface area contributed by atoms with Gasteiger partial charge in [0.15, 0.2) is 0 Å². The fourth-order valence-electron chi connectivity index (χ4n) is 1.08. The van der Waals surface area contributed by atoms with Crippen molar-refractivity contribution < 1.29 is 15.0 Å². The van der Waals surface area contributed by atoms with E-state index in [4.69, 9.17) is 0 Å². The summed E-state index contributed by atoms with van der Waals surface area (Å²) < 4.78 is 0.920. The molecule has 78 valence electrons. The summed E-state index contributed by atoms with van der Waals surface area (Å²) in [5.41, 5.74) is -0.589. The third kappa shape index (κ3) is 1.60. The number of aromatic nitrogens is 1. The molecular weight excluding hydrogens is 182 g/mol. The Balaban J connectivity index is 3.13. The summed E-state index contributed by atoms with van der Waals surface area (Å²) in [7, 11) is 0. The number of aromatic hydroxyl groups is 2. The van der Waals surface area contributed by atoms with Gasteiger partial charge in [-0.1, -0.05) is 20.8 Å². The zero-order valence-electron chi connectivity index (χ0n) is 8.61. The van der Waals surface area contributed by atoms with Gasteiger partial charge in [0.1, 0.15) is 0 Å². The first kappa shape index (κ1) is 10.6. The van der Waals surface area contributed by atoms with Crippen molar-refractivity contribution in [1.29, 1.82) is 0 Å². The molecule has 0 aliphatic heterocycles. The molecule has 4 heteroatoms. The summed E-state index contributed by atoms with van der Waals surface area (Å²) in [6, 6.07) is 2.58. The fraction of sp³-hybridized carbons (Fsp3) is 0.500. The van der Waals surface area contributed by atoms with Gasteiger partial charge in [0.2, 0.25) is 17.7 Å². The molecule has 1 aromatic rings. The Bertz CT molecular complexity index is 333. The Morgan fingerprint density at radius 2 is 1.79 bits per heavy atom. The zero-order valence-corrected chi connectivity index (χ0v) is 8.61. The highest BCUT2D eigenvalue weighted by Gasteiger charge is 2.29. The Morgan fingerprint density at radius 3 is 2.14 bits per heavy atom. The largest absolute Gasteiger partial charge is 0.494 e. The zero-order chi connectivity index (χ0) is 10.9. The van der Waals surface area contributed by atoms with Crippen LogP contribution in [0.1, 0.15) is 32.0 Å². The minimum Gasteiger partial charge on any atom is -0.494 e. The van der Waals surface area contributed by atoms with E-state index in [0.717, 1.165) is 4.57 Å². The third-order valence-electron chi connectivity index (χ3n) is 2.51. The number of hydrogen-bond donors (Lipinski definition) is 2. The average Bonchev–Trinajstić information content (AvgIpc) is 2.45.